The highest BCUT2D eigenvalue weighted by Crippen LogP contribution is 2.44. The minimum absolute atomic E-state index is 0.0324. The molecule has 2 amide bonds. The van der Waals surface area contributed by atoms with E-state index < -0.39 is 17.5 Å². The average molecular weight is 424 g/mol. The second kappa shape index (κ2) is 9.64. The normalized spacial score (nSPS) is 14.1. The zero-order valence-electron chi connectivity index (χ0n) is 17.8. The molecule has 31 heavy (non-hydrogen) atoms. The Morgan fingerprint density at radius 3 is 2.13 bits per heavy atom. The number of carboxylic acids is 1. The predicted molar refractivity (Wildman–Crippen MR) is 117 cm³/mol. The molecule has 0 fully saturated rings. The fourth-order valence-corrected chi connectivity index (χ4v) is 3.78. The van der Waals surface area contributed by atoms with E-state index in [1.165, 1.54) is 0 Å². The summed E-state index contributed by atoms with van der Waals surface area (Å²) in [5, 5.41) is 14.0. The van der Waals surface area contributed by atoms with Crippen LogP contribution in [0.2, 0.25) is 0 Å². The summed E-state index contributed by atoms with van der Waals surface area (Å²) in [5.74, 6) is -1.31. The van der Waals surface area contributed by atoms with Crippen molar-refractivity contribution >= 4 is 18.0 Å². The van der Waals surface area contributed by atoms with Gasteiger partial charge in [-0.15, -0.1) is 0 Å². The second-order valence-corrected chi connectivity index (χ2v) is 7.99. The zero-order chi connectivity index (χ0) is 22.4. The summed E-state index contributed by atoms with van der Waals surface area (Å²) in [6.07, 6.45) is -0.249. The molecule has 0 bridgehead atoms. The third kappa shape index (κ3) is 5.05. The van der Waals surface area contributed by atoms with Gasteiger partial charge in [0.2, 0.25) is 5.91 Å². The van der Waals surface area contributed by atoms with Crippen molar-refractivity contribution < 1.29 is 24.2 Å². The highest BCUT2D eigenvalue weighted by atomic mass is 16.5. The number of hydrogen-bond acceptors (Lipinski definition) is 4. The maximum Gasteiger partial charge on any atom is 0.407 e. The Morgan fingerprint density at radius 2 is 1.58 bits per heavy atom. The van der Waals surface area contributed by atoms with Crippen molar-refractivity contribution in [2.24, 2.45) is 5.41 Å². The number of ether oxygens (including phenoxy) is 1. The van der Waals surface area contributed by atoms with Gasteiger partial charge in [-0.1, -0.05) is 55.5 Å². The van der Waals surface area contributed by atoms with Crippen LogP contribution in [0.5, 0.6) is 0 Å². The monoisotopic (exact) mass is 424 g/mol. The van der Waals surface area contributed by atoms with E-state index in [0.29, 0.717) is 6.42 Å². The van der Waals surface area contributed by atoms with E-state index in [0.717, 1.165) is 22.3 Å². The molecule has 0 spiro atoms. The lowest BCUT2D eigenvalue weighted by Crippen LogP contribution is -2.47. The number of amides is 2. The molecule has 1 atom stereocenters. The third-order valence-electron chi connectivity index (χ3n) is 5.92. The van der Waals surface area contributed by atoms with Gasteiger partial charge in [-0.3, -0.25) is 9.59 Å². The number of carbonyl (C=O) groups is 3. The molecule has 7 nitrogen and oxygen atoms in total. The largest absolute Gasteiger partial charge is 0.481 e. The first-order chi connectivity index (χ1) is 14.9. The first-order valence-electron chi connectivity index (χ1n) is 10.4. The molecule has 0 saturated carbocycles. The Hall–Kier alpha value is -3.35. The van der Waals surface area contributed by atoms with E-state index in [2.05, 4.69) is 34.9 Å². The molecule has 0 aliphatic heterocycles. The summed E-state index contributed by atoms with van der Waals surface area (Å²) in [6.45, 7) is 3.92. The fourth-order valence-electron chi connectivity index (χ4n) is 3.78. The van der Waals surface area contributed by atoms with Gasteiger partial charge < -0.3 is 20.5 Å². The number of rotatable bonds is 9. The van der Waals surface area contributed by atoms with Crippen LogP contribution in [-0.2, 0) is 14.3 Å². The molecule has 1 unspecified atom stereocenters. The summed E-state index contributed by atoms with van der Waals surface area (Å²) in [4.78, 5) is 35.4. The number of benzene rings is 2. The second-order valence-electron chi connectivity index (χ2n) is 7.99. The smallest absolute Gasteiger partial charge is 0.407 e. The molecule has 2 aromatic carbocycles. The molecule has 1 aliphatic carbocycles. The predicted octanol–water partition coefficient (Wildman–Crippen LogP) is 3.53. The molecular weight excluding hydrogens is 396 g/mol. The van der Waals surface area contributed by atoms with Gasteiger partial charge in [-0.2, -0.15) is 0 Å². The van der Waals surface area contributed by atoms with E-state index in [1.54, 1.807) is 6.92 Å². The van der Waals surface area contributed by atoms with Crippen molar-refractivity contribution in [1.82, 2.24) is 10.6 Å². The van der Waals surface area contributed by atoms with Crippen LogP contribution < -0.4 is 10.6 Å². The summed E-state index contributed by atoms with van der Waals surface area (Å²) in [6, 6.07) is 16.2. The Balaban J connectivity index is 1.56. The molecule has 2 aromatic rings. The summed E-state index contributed by atoms with van der Waals surface area (Å²) in [7, 11) is 0. The summed E-state index contributed by atoms with van der Waals surface area (Å²) < 4.78 is 5.51. The summed E-state index contributed by atoms with van der Waals surface area (Å²) in [5.41, 5.74) is 3.72. The molecule has 3 N–H and O–H groups in total. The summed E-state index contributed by atoms with van der Waals surface area (Å²) >= 11 is 0. The number of aliphatic carboxylic acids is 1. The lowest BCUT2D eigenvalue weighted by molar-refractivity contribution is -0.137. The first kappa shape index (κ1) is 22.3. The Morgan fingerprint density at radius 1 is 1.00 bits per heavy atom. The Labute approximate surface area is 181 Å². The molecule has 1 aliphatic rings. The maximum atomic E-state index is 12.4. The zero-order valence-corrected chi connectivity index (χ0v) is 17.8. The third-order valence-corrected chi connectivity index (χ3v) is 5.92. The van der Waals surface area contributed by atoms with E-state index in [4.69, 9.17) is 9.84 Å². The SMILES string of the molecule is CCC(C)(CNC(=O)OCC1c2ccccc2-c2ccccc21)C(=O)NCCC(=O)O. The van der Waals surface area contributed by atoms with Crippen molar-refractivity contribution in [1.29, 1.82) is 0 Å². The van der Waals surface area contributed by atoms with Gasteiger partial charge >= 0.3 is 12.1 Å². The van der Waals surface area contributed by atoms with E-state index in [9.17, 15) is 14.4 Å². The molecule has 0 heterocycles. The standard InChI is InChI=1S/C24H28N2O5/c1-3-24(2,22(29)25-13-12-21(27)28)15-26-23(30)31-14-20-18-10-6-4-8-16(18)17-9-5-7-11-19(17)20/h4-11,20H,3,12-15H2,1-2H3,(H,25,29)(H,26,30)(H,27,28). The van der Waals surface area contributed by atoms with Crippen LogP contribution in [0.15, 0.2) is 48.5 Å². The number of nitrogens with one attached hydrogen (secondary N) is 2. The van der Waals surface area contributed by atoms with Gasteiger partial charge in [0, 0.05) is 19.0 Å². The van der Waals surface area contributed by atoms with Gasteiger partial charge in [0.05, 0.1) is 11.8 Å². The van der Waals surface area contributed by atoms with Gasteiger partial charge in [0.1, 0.15) is 6.61 Å². The van der Waals surface area contributed by atoms with Crippen LogP contribution in [0, 0.1) is 5.41 Å². The van der Waals surface area contributed by atoms with Gasteiger partial charge in [-0.05, 0) is 35.6 Å². The number of alkyl carbamates (subject to hydrolysis) is 1. The molecule has 3 rings (SSSR count). The lowest BCUT2D eigenvalue weighted by atomic mass is 9.86. The molecule has 164 valence electrons. The van der Waals surface area contributed by atoms with Crippen LogP contribution in [0.3, 0.4) is 0 Å². The van der Waals surface area contributed by atoms with Gasteiger partial charge in [0.15, 0.2) is 0 Å². The van der Waals surface area contributed by atoms with Crippen LogP contribution in [0.25, 0.3) is 11.1 Å². The van der Waals surface area contributed by atoms with Crippen molar-refractivity contribution in [3.05, 3.63) is 59.7 Å². The molecule has 7 heteroatoms. The number of carboxylic acid groups (broad SMARTS) is 1. The van der Waals surface area contributed by atoms with Crippen molar-refractivity contribution in [2.45, 2.75) is 32.6 Å². The van der Waals surface area contributed by atoms with E-state index in [-0.39, 0.29) is 37.9 Å². The fraction of sp³-hybridized carbons (Fsp3) is 0.375. The van der Waals surface area contributed by atoms with E-state index >= 15 is 0 Å². The minimum atomic E-state index is -0.977. The van der Waals surface area contributed by atoms with Crippen molar-refractivity contribution in [3.63, 3.8) is 0 Å². The molecular formula is C24H28N2O5. The van der Waals surface area contributed by atoms with Crippen molar-refractivity contribution in [2.75, 3.05) is 19.7 Å². The van der Waals surface area contributed by atoms with Crippen LogP contribution in [-0.4, -0.2) is 42.8 Å². The average Bonchev–Trinajstić information content (AvgIpc) is 3.09. The van der Waals surface area contributed by atoms with Crippen LogP contribution in [0.4, 0.5) is 4.79 Å². The first-order valence-corrected chi connectivity index (χ1v) is 10.4. The number of hydrogen-bond donors (Lipinski definition) is 3. The van der Waals surface area contributed by atoms with E-state index in [1.807, 2.05) is 31.2 Å². The highest BCUT2D eigenvalue weighted by Gasteiger charge is 2.33. The quantitative estimate of drug-likeness (QED) is 0.571. The molecule has 0 radical (unpaired) electrons. The lowest BCUT2D eigenvalue weighted by Gasteiger charge is -2.27. The molecule has 0 saturated heterocycles. The molecule has 0 aromatic heterocycles. The van der Waals surface area contributed by atoms with Gasteiger partial charge in [0.25, 0.3) is 0 Å². The van der Waals surface area contributed by atoms with Crippen molar-refractivity contribution in [3.8, 4) is 11.1 Å². The minimum Gasteiger partial charge on any atom is -0.481 e. The number of carbonyl (C=O) groups excluding carboxylic acids is 2. The Kier molecular flexibility index (Phi) is 6.95. The number of fused-ring (bicyclic) bond motifs is 3. The highest BCUT2D eigenvalue weighted by molar-refractivity contribution is 5.83. The van der Waals surface area contributed by atoms with Crippen LogP contribution >= 0.6 is 0 Å². The Bertz CT molecular complexity index is 928. The van der Waals surface area contributed by atoms with Gasteiger partial charge in [-0.25, -0.2) is 4.79 Å². The maximum absolute atomic E-state index is 12.4. The van der Waals surface area contributed by atoms with Crippen LogP contribution in [0.1, 0.15) is 43.7 Å². The topological polar surface area (TPSA) is 105 Å².